The van der Waals surface area contributed by atoms with E-state index in [4.69, 9.17) is 28.4 Å². The van der Waals surface area contributed by atoms with E-state index in [1.54, 1.807) is 0 Å². The van der Waals surface area contributed by atoms with Crippen LogP contribution in [0.4, 0.5) is 0 Å². The molecule has 15 nitrogen and oxygen atoms in total. The molecule has 0 aromatic carbocycles. The van der Waals surface area contributed by atoms with Gasteiger partial charge in [-0.05, 0) is 12.8 Å². The third kappa shape index (κ3) is 23.8. The number of unbranched alkanes of at least 4 members (excludes halogenated alkanes) is 23. The van der Waals surface area contributed by atoms with E-state index in [9.17, 15) is 45.3 Å². The molecule has 2 saturated heterocycles. The van der Waals surface area contributed by atoms with Gasteiger partial charge in [-0.15, -0.1) is 0 Å². The van der Waals surface area contributed by atoms with E-state index in [0.29, 0.717) is 12.8 Å². The lowest BCUT2D eigenvalue weighted by molar-refractivity contribution is -0.332. The minimum atomic E-state index is -1.76. The van der Waals surface area contributed by atoms with Gasteiger partial charge >= 0.3 is 11.9 Å². The number of aliphatic hydroxyl groups excluding tert-OH is 7. The monoisotopic (exact) mass is 879 g/mol. The SMILES string of the molecule is CCCCCCCCCCCCCCCCC(=O)O[C@H](COC(=O)CCCCCCCCCCCCC)CO[C@@H]1O[C@H](CO[C@@H]2O[C@H](CO)[C@H](O)C(O)C2O)[C@H](O)C(O)C1O. The van der Waals surface area contributed by atoms with Crippen molar-refractivity contribution in [3.63, 3.8) is 0 Å². The van der Waals surface area contributed by atoms with Crippen LogP contribution in [0, 0.1) is 0 Å². The Morgan fingerprint density at radius 3 is 1.28 bits per heavy atom. The molecule has 2 fully saturated rings. The molecule has 2 rings (SSSR count). The maximum absolute atomic E-state index is 12.9. The van der Waals surface area contributed by atoms with Crippen molar-refractivity contribution in [2.75, 3.05) is 26.4 Å². The Balaban J connectivity index is 1.83. The van der Waals surface area contributed by atoms with Crippen LogP contribution in [0.1, 0.15) is 187 Å². The lowest BCUT2D eigenvalue weighted by Gasteiger charge is -2.42. The second kappa shape index (κ2) is 34.8. The number of carbonyl (C=O) groups excluding carboxylic acids is 2. The summed E-state index contributed by atoms with van der Waals surface area (Å²) in [6, 6.07) is 0. The zero-order valence-electron chi connectivity index (χ0n) is 37.7. The van der Waals surface area contributed by atoms with Gasteiger partial charge in [0.1, 0.15) is 55.4 Å². The van der Waals surface area contributed by atoms with Crippen LogP contribution in [0.15, 0.2) is 0 Å². The number of esters is 2. The minimum absolute atomic E-state index is 0.173. The summed E-state index contributed by atoms with van der Waals surface area (Å²) in [5.74, 6) is -0.915. The molecule has 15 heteroatoms. The van der Waals surface area contributed by atoms with Crippen molar-refractivity contribution in [3.05, 3.63) is 0 Å². The molecule has 0 radical (unpaired) electrons. The van der Waals surface area contributed by atoms with Crippen LogP contribution in [-0.2, 0) is 38.0 Å². The average molecular weight is 879 g/mol. The number of hydrogen-bond acceptors (Lipinski definition) is 15. The summed E-state index contributed by atoms with van der Waals surface area (Å²) in [5, 5.41) is 71.9. The Bertz CT molecular complexity index is 1080. The molecule has 0 amide bonds. The normalized spacial score (nSPS) is 27.2. The highest BCUT2D eigenvalue weighted by molar-refractivity contribution is 5.70. The van der Waals surface area contributed by atoms with Gasteiger partial charge < -0.3 is 64.2 Å². The van der Waals surface area contributed by atoms with Crippen molar-refractivity contribution in [3.8, 4) is 0 Å². The summed E-state index contributed by atoms with van der Waals surface area (Å²) in [6.45, 7) is 2.59. The molecule has 61 heavy (non-hydrogen) atoms. The van der Waals surface area contributed by atoms with Crippen molar-refractivity contribution in [1.29, 1.82) is 0 Å². The van der Waals surface area contributed by atoms with Crippen LogP contribution in [0.2, 0.25) is 0 Å². The van der Waals surface area contributed by atoms with Crippen LogP contribution < -0.4 is 0 Å². The van der Waals surface area contributed by atoms with Crippen LogP contribution in [0.5, 0.6) is 0 Å². The second-order valence-corrected chi connectivity index (χ2v) is 17.3. The van der Waals surface area contributed by atoms with Gasteiger partial charge in [0.25, 0.3) is 0 Å². The third-order valence-electron chi connectivity index (χ3n) is 11.8. The molecular weight excluding hydrogens is 792 g/mol. The van der Waals surface area contributed by atoms with Gasteiger partial charge in [-0.25, -0.2) is 0 Å². The molecular formula is C46H86O15. The van der Waals surface area contributed by atoms with E-state index in [1.165, 1.54) is 109 Å². The molecule has 0 aromatic rings. The average Bonchev–Trinajstić information content (AvgIpc) is 3.25. The summed E-state index contributed by atoms with van der Waals surface area (Å²) < 4.78 is 33.5. The molecule has 7 N–H and O–H groups in total. The van der Waals surface area contributed by atoms with Gasteiger partial charge in [-0.3, -0.25) is 9.59 Å². The number of ether oxygens (including phenoxy) is 6. The first-order chi connectivity index (χ1) is 29.5. The summed E-state index contributed by atoms with van der Waals surface area (Å²) in [4.78, 5) is 25.6. The Hall–Kier alpha value is -1.50. The summed E-state index contributed by atoms with van der Waals surface area (Å²) in [5.41, 5.74) is 0. The summed E-state index contributed by atoms with van der Waals surface area (Å²) in [7, 11) is 0. The molecule has 0 aliphatic carbocycles. The van der Waals surface area contributed by atoms with E-state index in [0.717, 1.165) is 38.5 Å². The Labute approximate surface area is 366 Å². The zero-order chi connectivity index (χ0) is 44.7. The topological polar surface area (TPSA) is 231 Å². The predicted molar refractivity (Wildman–Crippen MR) is 229 cm³/mol. The lowest BCUT2D eigenvalue weighted by Crippen LogP contribution is -2.61. The molecule has 360 valence electrons. The molecule has 0 saturated carbocycles. The summed E-state index contributed by atoms with van der Waals surface area (Å²) >= 11 is 0. The standard InChI is InChI=1S/C46H86O15/c1-3-5-7-9-11-13-15-16-17-19-21-23-25-27-29-38(49)59-34(31-56-37(48)28-26-24-22-20-18-14-12-10-8-6-4-2)32-57-45-44(55)42(53)40(51)36(61-45)33-58-46-43(54)41(52)39(50)35(30-47)60-46/h34-36,39-47,50-55H,3-33H2,1-2H3/t34-,35-,36-,39+,40+,41?,42?,43?,44?,45-,46-/m1/s1. The molecule has 0 spiro atoms. The number of carbonyl (C=O) groups is 2. The zero-order valence-corrected chi connectivity index (χ0v) is 37.7. The van der Waals surface area contributed by atoms with Crippen molar-refractivity contribution in [2.24, 2.45) is 0 Å². The summed E-state index contributed by atoms with van der Waals surface area (Å²) in [6.07, 6.45) is 12.8. The highest BCUT2D eigenvalue weighted by atomic mass is 16.7. The van der Waals surface area contributed by atoms with E-state index in [-0.39, 0.29) is 26.1 Å². The Morgan fingerprint density at radius 1 is 0.459 bits per heavy atom. The number of aliphatic hydroxyl groups is 7. The Kier molecular flexibility index (Phi) is 31.8. The molecule has 2 heterocycles. The van der Waals surface area contributed by atoms with E-state index in [1.807, 2.05) is 0 Å². The maximum Gasteiger partial charge on any atom is 0.306 e. The van der Waals surface area contributed by atoms with Gasteiger partial charge in [-0.1, -0.05) is 162 Å². The molecule has 4 unspecified atom stereocenters. The quantitative estimate of drug-likeness (QED) is 0.0295. The van der Waals surface area contributed by atoms with Crippen LogP contribution in [0.3, 0.4) is 0 Å². The molecule has 2 aliphatic heterocycles. The first-order valence-electron chi connectivity index (χ1n) is 24.1. The van der Waals surface area contributed by atoms with Crippen LogP contribution in [0.25, 0.3) is 0 Å². The van der Waals surface area contributed by atoms with Crippen LogP contribution in [-0.4, -0.2) is 142 Å². The van der Waals surface area contributed by atoms with Crippen molar-refractivity contribution < 1.29 is 73.8 Å². The smallest absolute Gasteiger partial charge is 0.306 e. The highest BCUT2D eigenvalue weighted by Crippen LogP contribution is 2.26. The minimum Gasteiger partial charge on any atom is -0.462 e. The van der Waals surface area contributed by atoms with E-state index < -0.39 is 92.7 Å². The predicted octanol–water partition coefficient (Wildman–Crippen LogP) is 5.65. The highest BCUT2D eigenvalue weighted by Gasteiger charge is 2.47. The fourth-order valence-corrected chi connectivity index (χ4v) is 7.81. The first-order valence-corrected chi connectivity index (χ1v) is 24.1. The third-order valence-corrected chi connectivity index (χ3v) is 11.8. The second-order valence-electron chi connectivity index (χ2n) is 17.3. The largest absolute Gasteiger partial charge is 0.462 e. The van der Waals surface area contributed by atoms with Gasteiger partial charge in [-0.2, -0.15) is 0 Å². The van der Waals surface area contributed by atoms with Gasteiger partial charge in [0.2, 0.25) is 0 Å². The van der Waals surface area contributed by atoms with Crippen molar-refractivity contribution in [2.45, 2.75) is 255 Å². The maximum atomic E-state index is 12.9. The van der Waals surface area contributed by atoms with Crippen LogP contribution >= 0.6 is 0 Å². The fraction of sp³-hybridized carbons (Fsp3) is 0.957. The first kappa shape index (κ1) is 55.6. The van der Waals surface area contributed by atoms with Crippen molar-refractivity contribution in [1.82, 2.24) is 0 Å². The van der Waals surface area contributed by atoms with Gasteiger partial charge in [0, 0.05) is 12.8 Å². The molecule has 0 bridgehead atoms. The van der Waals surface area contributed by atoms with E-state index >= 15 is 0 Å². The Morgan fingerprint density at radius 2 is 0.836 bits per heavy atom. The molecule has 0 aromatic heterocycles. The fourth-order valence-electron chi connectivity index (χ4n) is 7.81. The lowest BCUT2D eigenvalue weighted by atomic mass is 9.98. The van der Waals surface area contributed by atoms with Gasteiger partial charge in [0.15, 0.2) is 18.7 Å². The number of rotatable bonds is 37. The molecule has 11 atom stereocenters. The van der Waals surface area contributed by atoms with Gasteiger partial charge in [0.05, 0.1) is 19.8 Å². The molecule has 2 aliphatic rings. The number of hydrogen-bond donors (Lipinski definition) is 7. The van der Waals surface area contributed by atoms with E-state index in [2.05, 4.69) is 13.8 Å². The van der Waals surface area contributed by atoms with Crippen molar-refractivity contribution >= 4 is 11.9 Å².